The third kappa shape index (κ3) is 5.23. The van der Waals surface area contributed by atoms with E-state index >= 15 is 0 Å². The minimum atomic E-state index is -0.692. The molecule has 0 saturated carbocycles. The van der Waals surface area contributed by atoms with Crippen LogP contribution in [0.25, 0.3) is 0 Å². The second kappa shape index (κ2) is 10.0. The van der Waals surface area contributed by atoms with Gasteiger partial charge in [0, 0.05) is 25.3 Å². The number of amides is 3. The highest BCUT2D eigenvalue weighted by Crippen LogP contribution is 2.20. The van der Waals surface area contributed by atoms with Crippen molar-refractivity contribution in [3.8, 4) is 0 Å². The van der Waals surface area contributed by atoms with E-state index in [-0.39, 0.29) is 17.4 Å². The number of rotatable bonds is 5. The fourth-order valence-electron chi connectivity index (χ4n) is 3.59. The van der Waals surface area contributed by atoms with E-state index < -0.39 is 17.6 Å². The second-order valence-corrected chi connectivity index (χ2v) is 7.39. The summed E-state index contributed by atoms with van der Waals surface area (Å²) in [6.45, 7) is 3.32. The van der Waals surface area contributed by atoms with Crippen LogP contribution < -0.4 is 10.6 Å². The molecule has 158 valence electrons. The summed E-state index contributed by atoms with van der Waals surface area (Å²) in [6.07, 6.45) is 2.11. The molecular weight excluding hydrogens is 385 g/mol. The van der Waals surface area contributed by atoms with Gasteiger partial charge in [-0.05, 0) is 48.9 Å². The van der Waals surface area contributed by atoms with Gasteiger partial charge < -0.3 is 15.5 Å². The highest BCUT2D eigenvalue weighted by atomic mass is 19.1. The monoisotopic (exact) mass is 411 g/mol. The van der Waals surface area contributed by atoms with Crippen molar-refractivity contribution in [1.29, 1.82) is 0 Å². The van der Waals surface area contributed by atoms with Gasteiger partial charge in [-0.1, -0.05) is 37.3 Å². The fourth-order valence-corrected chi connectivity index (χ4v) is 3.59. The van der Waals surface area contributed by atoms with Crippen molar-refractivity contribution in [1.82, 2.24) is 10.2 Å². The molecule has 3 amide bonds. The summed E-state index contributed by atoms with van der Waals surface area (Å²) in [5, 5.41) is 5.34. The number of nitrogens with one attached hydrogen (secondary N) is 2. The highest BCUT2D eigenvalue weighted by Gasteiger charge is 2.26. The number of hydrogen-bond acceptors (Lipinski definition) is 3. The van der Waals surface area contributed by atoms with E-state index in [9.17, 15) is 18.8 Å². The molecule has 0 spiro atoms. The molecule has 1 saturated heterocycles. The topological polar surface area (TPSA) is 78.5 Å². The Hall–Kier alpha value is -3.22. The molecule has 0 unspecified atom stereocenters. The maximum atomic E-state index is 13.8. The molecule has 0 aromatic heterocycles. The van der Waals surface area contributed by atoms with E-state index in [2.05, 4.69) is 10.6 Å². The number of para-hydroxylation sites is 1. The Morgan fingerprint density at radius 2 is 1.67 bits per heavy atom. The molecule has 1 aliphatic heterocycles. The summed E-state index contributed by atoms with van der Waals surface area (Å²) in [6, 6.07) is 13.3. The van der Waals surface area contributed by atoms with E-state index in [0.717, 1.165) is 12.0 Å². The molecule has 6 nitrogen and oxygen atoms in total. The van der Waals surface area contributed by atoms with E-state index in [1.54, 1.807) is 23.1 Å². The smallest absolute Gasteiger partial charge is 0.313 e. The number of aryl methyl sites for hydroxylation is 1. The van der Waals surface area contributed by atoms with E-state index in [1.165, 1.54) is 12.1 Å². The molecule has 0 bridgehead atoms. The second-order valence-electron chi connectivity index (χ2n) is 7.39. The molecule has 0 aliphatic carbocycles. The number of benzene rings is 2. The molecule has 2 N–H and O–H groups in total. The first-order chi connectivity index (χ1) is 14.5. The van der Waals surface area contributed by atoms with Crippen LogP contribution >= 0.6 is 0 Å². The molecule has 2 aromatic rings. The first-order valence-electron chi connectivity index (χ1n) is 10.2. The van der Waals surface area contributed by atoms with Crippen LogP contribution in [0.5, 0.6) is 0 Å². The highest BCUT2D eigenvalue weighted by molar-refractivity contribution is 6.39. The molecule has 0 atom stereocenters. The van der Waals surface area contributed by atoms with Gasteiger partial charge in [-0.2, -0.15) is 0 Å². The van der Waals surface area contributed by atoms with Crippen molar-refractivity contribution in [2.75, 3.05) is 25.0 Å². The summed E-state index contributed by atoms with van der Waals surface area (Å²) in [4.78, 5) is 38.4. The number of nitrogens with zero attached hydrogens (tertiary/aromatic N) is 1. The van der Waals surface area contributed by atoms with Crippen molar-refractivity contribution in [3.63, 3.8) is 0 Å². The number of likely N-dealkylation sites (tertiary alicyclic amines) is 1. The standard InChI is InChI=1S/C23H26FN3O3/c1-2-17-7-3-6-10-20(17)26-22(29)21(28)25-15-16-11-13-27(14-12-16)23(30)18-8-4-5-9-19(18)24/h3-10,16H,2,11-15H2,1H3,(H,25,28)(H,26,29). The van der Waals surface area contributed by atoms with Gasteiger partial charge in [-0.25, -0.2) is 4.39 Å². The zero-order valence-corrected chi connectivity index (χ0v) is 17.0. The van der Waals surface area contributed by atoms with E-state index in [4.69, 9.17) is 0 Å². The lowest BCUT2D eigenvalue weighted by atomic mass is 9.96. The quantitative estimate of drug-likeness (QED) is 0.743. The predicted molar refractivity (Wildman–Crippen MR) is 112 cm³/mol. The normalized spacial score (nSPS) is 14.3. The number of piperidine rings is 1. The molecule has 1 fully saturated rings. The van der Waals surface area contributed by atoms with Crippen molar-refractivity contribution >= 4 is 23.4 Å². The molecule has 0 radical (unpaired) electrons. The lowest BCUT2D eigenvalue weighted by molar-refractivity contribution is -0.136. The summed E-state index contributed by atoms with van der Waals surface area (Å²) < 4.78 is 13.8. The maximum Gasteiger partial charge on any atom is 0.313 e. The molecule has 2 aromatic carbocycles. The number of hydrogen-bond donors (Lipinski definition) is 2. The van der Waals surface area contributed by atoms with Crippen molar-refractivity contribution in [3.05, 3.63) is 65.5 Å². The molecule has 1 aliphatic rings. The third-order valence-corrected chi connectivity index (χ3v) is 5.41. The molecule has 7 heteroatoms. The third-order valence-electron chi connectivity index (χ3n) is 5.41. The van der Waals surface area contributed by atoms with Crippen LogP contribution in [0.1, 0.15) is 35.7 Å². The Morgan fingerprint density at radius 1 is 1.00 bits per heavy atom. The van der Waals surface area contributed by atoms with E-state index in [0.29, 0.717) is 38.2 Å². The Kier molecular flexibility index (Phi) is 7.17. The van der Waals surface area contributed by atoms with Crippen molar-refractivity contribution in [2.24, 2.45) is 5.92 Å². The van der Waals surface area contributed by atoms with Gasteiger partial charge in [0.25, 0.3) is 5.91 Å². The number of carbonyl (C=O) groups is 3. The predicted octanol–water partition coefficient (Wildman–Crippen LogP) is 3.00. The van der Waals surface area contributed by atoms with Gasteiger partial charge in [0.05, 0.1) is 5.56 Å². The molecule has 1 heterocycles. The van der Waals surface area contributed by atoms with Crippen LogP contribution in [0.15, 0.2) is 48.5 Å². The molecular formula is C23H26FN3O3. The first kappa shape index (κ1) is 21.5. The summed E-state index contributed by atoms with van der Waals surface area (Å²) in [5.41, 5.74) is 1.68. The van der Waals surface area contributed by atoms with Crippen LogP contribution in [-0.2, 0) is 16.0 Å². The molecule has 30 heavy (non-hydrogen) atoms. The summed E-state index contributed by atoms with van der Waals surface area (Å²) in [7, 11) is 0. The van der Waals surface area contributed by atoms with Crippen LogP contribution in [0, 0.1) is 11.7 Å². The summed E-state index contributed by atoms with van der Waals surface area (Å²) in [5.74, 6) is -2.04. The Bertz CT molecular complexity index is 923. The van der Waals surface area contributed by atoms with Crippen LogP contribution in [-0.4, -0.2) is 42.3 Å². The Labute approximate surface area is 175 Å². The number of anilines is 1. The van der Waals surface area contributed by atoms with Gasteiger partial charge >= 0.3 is 11.8 Å². The zero-order chi connectivity index (χ0) is 21.5. The van der Waals surface area contributed by atoms with Crippen LogP contribution in [0.3, 0.4) is 0 Å². The average molecular weight is 411 g/mol. The maximum absolute atomic E-state index is 13.8. The van der Waals surface area contributed by atoms with Crippen LogP contribution in [0.4, 0.5) is 10.1 Å². The van der Waals surface area contributed by atoms with Crippen molar-refractivity contribution < 1.29 is 18.8 Å². The minimum absolute atomic E-state index is 0.0771. The van der Waals surface area contributed by atoms with Gasteiger partial charge in [0.1, 0.15) is 5.82 Å². The Balaban J connectivity index is 1.45. The van der Waals surface area contributed by atoms with Crippen molar-refractivity contribution in [2.45, 2.75) is 26.2 Å². The lowest BCUT2D eigenvalue weighted by Crippen LogP contribution is -2.43. The number of halogens is 1. The zero-order valence-electron chi connectivity index (χ0n) is 17.0. The summed E-state index contributed by atoms with van der Waals surface area (Å²) >= 11 is 0. The van der Waals surface area contributed by atoms with Crippen LogP contribution in [0.2, 0.25) is 0 Å². The number of carbonyl (C=O) groups excluding carboxylic acids is 3. The van der Waals surface area contributed by atoms with Gasteiger partial charge in [-0.3, -0.25) is 14.4 Å². The van der Waals surface area contributed by atoms with E-state index in [1.807, 2.05) is 25.1 Å². The van der Waals surface area contributed by atoms with Gasteiger partial charge in [0.2, 0.25) is 0 Å². The van der Waals surface area contributed by atoms with Gasteiger partial charge in [-0.15, -0.1) is 0 Å². The minimum Gasteiger partial charge on any atom is -0.348 e. The first-order valence-corrected chi connectivity index (χ1v) is 10.2. The fraction of sp³-hybridized carbons (Fsp3) is 0.348. The Morgan fingerprint density at radius 3 is 2.37 bits per heavy atom. The largest absolute Gasteiger partial charge is 0.348 e. The average Bonchev–Trinajstić information content (AvgIpc) is 2.78. The SMILES string of the molecule is CCc1ccccc1NC(=O)C(=O)NCC1CCN(C(=O)c2ccccc2F)CC1. The lowest BCUT2D eigenvalue weighted by Gasteiger charge is -2.32. The van der Waals surface area contributed by atoms with Gasteiger partial charge in [0.15, 0.2) is 0 Å². The molecule has 3 rings (SSSR count).